The van der Waals surface area contributed by atoms with E-state index in [2.05, 4.69) is 0 Å². The minimum Gasteiger partial charge on any atom is -0.489 e. The molecular formula is C22H16FN3O4. The second-order valence-electron chi connectivity index (χ2n) is 6.64. The van der Waals surface area contributed by atoms with E-state index in [-0.39, 0.29) is 23.8 Å². The lowest BCUT2D eigenvalue weighted by Crippen LogP contribution is -2.15. The first kappa shape index (κ1) is 19.1. The lowest BCUT2D eigenvalue weighted by atomic mass is 10.2. The Morgan fingerprint density at radius 2 is 1.73 bits per heavy atom. The third kappa shape index (κ3) is 3.70. The number of fused-ring (bicyclic) bond motifs is 1. The fraction of sp³-hybridized carbons (Fsp3) is 0.0455. The predicted molar refractivity (Wildman–Crippen MR) is 109 cm³/mol. The normalized spacial score (nSPS) is 10.8. The maximum atomic E-state index is 13.0. The highest BCUT2D eigenvalue weighted by Gasteiger charge is 2.17. The fourth-order valence-electron chi connectivity index (χ4n) is 3.21. The molecule has 0 bridgehead atoms. The summed E-state index contributed by atoms with van der Waals surface area (Å²) in [6, 6.07) is 18.9. The van der Waals surface area contributed by atoms with E-state index in [0.29, 0.717) is 22.3 Å². The third-order valence-electron chi connectivity index (χ3n) is 4.66. The van der Waals surface area contributed by atoms with Crippen LogP contribution in [0.4, 0.5) is 10.1 Å². The number of carbonyl (C=O) groups is 1. The number of rotatable bonds is 6. The zero-order valence-corrected chi connectivity index (χ0v) is 15.6. The summed E-state index contributed by atoms with van der Waals surface area (Å²) in [5.74, 6) is -0.362. The van der Waals surface area contributed by atoms with Crippen molar-refractivity contribution in [1.82, 2.24) is 4.57 Å². The number of nitro groups is 1. The van der Waals surface area contributed by atoms with E-state index in [1.807, 2.05) is 0 Å². The van der Waals surface area contributed by atoms with E-state index in [4.69, 9.17) is 10.5 Å². The zero-order valence-electron chi connectivity index (χ0n) is 15.6. The molecule has 8 heteroatoms. The highest BCUT2D eigenvalue weighted by molar-refractivity contribution is 5.99. The van der Waals surface area contributed by atoms with Gasteiger partial charge in [-0.3, -0.25) is 14.9 Å². The number of halogens is 1. The number of benzene rings is 3. The van der Waals surface area contributed by atoms with Gasteiger partial charge < -0.3 is 15.0 Å². The van der Waals surface area contributed by atoms with Crippen molar-refractivity contribution in [2.45, 2.75) is 6.61 Å². The number of carbonyl (C=O) groups excluding carboxylic acids is 1. The van der Waals surface area contributed by atoms with Crippen LogP contribution in [-0.2, 0) is 6.61 Å². The van der Waals surface area contributed by atoms with Crippen LogP contribution in [0.15, 0.2) is 72.8 Å². The number of hydrogen-bond acceptors (Lipinski definition) is 4. The highest BCUT2D eigenvalue weighted by Crippen LogP contribution is 2.28. The standard InChI is InChI=1S/C22H16FN3O4/c23-16-3-1-14(2-4-16)13-30-19-8-5-17(6-9-19)25-20-10-7-18(26(28)29)11-15(20)12-21(25)22(24)27/h1-12H,13H2,(H2,24,27). The zero-order chi connectivity index (χ0) is 21.3. The molecule has 30 heavy (non-hydrogen) atoms. The fourth-order valence-corrected chi connectivity index (χ4v) is 3.21. The number of amides is 1. The van der Waals surface area contributed by atoms with E-state index in [0.717, 1.165) is 5.56 Å². The first-order valence-corrected chi connectivity index (χ1v) is 9.00. The van der Waals surface area contributed by atoms with Crippen LogP contribution in [-0.4, -0.2) is 15.4 Å². The topological polar surface area (TPSA) is 100 Å². The summed E-state index contributed by atoms with van der Waals surface area (Å²) in [6.07, 6.45) is 0. The summed E-state index contributed by atoms with van der Waals surface area (Å²) in [6.45, 7) is 0.280. The number of nitro benzene ring substituents is 1. The summed E-state index contributed by atoms with van der Waals surface area (Å²) in [5.41, 5.74) is 7.77. The number of hydrogen-bond donors (Lipinski definition) is 1. The molecule has 4 rings (SSSR count). The van der Waals surface area contributed by atoms with E-state index in [1.54, 1.807) is 47.0 Å². The van der Waals surface area contributed by atoms with Crippen LogP contribution >= 0.6 is 0 Å². The van der Waals surface area contributed by atoms with Crippen LogP contribution in [0.3, 0.4) is 0 Å². The molecule has 1 amide bonds. The number of ether oxygens (including phenoxy) is 1. The van der Waals surface area contributed by atoms with Gasteiger partial charge in [0, 0.05) is 23.2 Å². The van der Waals surface area contributed by atoms with Crippen LogP contribution in [0.25, 0.3) is 16.6 Å². The molecule has 4 aromatic rings. The first-order valence-electron chi connectivity index (χ1n) is 9.00. The van der Waals surface area contributed by atoms with Crippen molar-refractivity contribution in [3.05, 3.63) is 100.0 Å². The van der Waals surface area contributed by atoms with Gasteiger partial charge in [0.25, 0.3) is 11.6 Å². The molecule has 2 N–H and O–H groups in total. The molecule has 0 atom stereocenters. The van der Waals surface area contributed by atoms with Crippen LogP contribution in [0.5, 0.6) is 5.75 Å². The Bertz CT molecular complexity index is 1250. The van der Waals surface area contributed by atoms with Crippen molar-refractivity contribution in [3.63, 3.8) is 0 Å². The lowest BCUT2D eigenvalue weighted by Gasteiger charge is -2.11. The Morgan fingerprint density at radius 3 is 2.37 bits per heavy atom. The monoisotopic (exact) mass is 405 g/mol. The largest absolute Gasteiger partial charge is 0.489 e. The molecule has 0 fully saturated rings. The Labute approximate surface area is 170 Å². The van der Waals surface area contributed by atoms with Crippen molar-refractivity contribution in [2.24, 2.45) is 5.73 Å². The summed E-state index contributed by atoms with van der Waals surface area (Å²) in [5, 5.41) is 11.6. The molecule has 3 aromatic carbocycles. The third-order valence-corrected chi connectivity index (χ3v) is 4.66. The van der Waals surface area contributed by atoms with Gasteiger partial charge in [0.2, 0.25) is 0 Å². The molecule has 0 aliphatic rings. The molecular weight excluding hydrogens is 389 g/mol. The molecule has 1 heterocycles. The van der Waals surface area contributed by atoms with E-state index in [1.165, 1.54) is 30.3 Å². The Morgan fingerprint density at radius 1 is 1.03 bits per heavy atom. The molecule has 0 unspecified atom stereocenters. The van der Waals surface area contributed by atoms with Gasteiger partial charge >= 0.3 is 0 Å². The second kappa shape index (κ2) is 7.67. The SMILES string of the molecule is NC(=O)c1cc2cc([N+](=O)[O-])ccc2n1-c1ccc(OCc2ccc(F)cc2)cc1. The average Bonchev–Trinajstić information content (AvgIpc) is 3.13. The van der Waals surface area contributed by atoms with Crippen LogP contribution in [0.2, 0.25) is 0 Å². The first-order chi connectivity index (χ1) is 14.4. The van der Waals surface area contributed by atoms with Crippen molar-refractivity contribution < 1.29 is 18.8 Å². The number of nitrogens with zero attached hydrogens (tertiary/aromatic N) is 2. The molecule has 0 saturated heterocycles. The van der Waals surface area contributed by atoms with Gasteiger partial charge in [0.1, 0.15) is 23.9 Å². The smallest absolute Gasteiger partial charge is 0.270 e. The highest BCUT2D eigenvalue weighted by atomic mass is 19.1. The van der Waals surface area contributed by atoms with Crippen LogP contribution in [0.1, 0.15) is 16.1 Å². The van der Waals surface area contributed by atoms with Crippen molar-refractivity contribution in [3.8, 4) is 11.4 Å². The van der Waals surface area contributed by atoms with Crippen LogP contribution < -0.4 is 10.5 Å². The molecule has 0 spiro atoms. The summed E-state index contributed by atoms with van der Waals surface area (Å²) in [7, 11) is 0. The van der Waals surface area contributed by atoms with E-state index in [9.17, 15) is 19.3 Å². The Balaban J connectivity index is 1.64. The number of non-ortho nitro benzene ring substituents is 1. The Kier molecular flexibility index (Phi) is 4.89. The average molecular weight is 405 g/mol. The molecule has 0 radical (unpaired) electrons. The van der Waals surface area contributed by atoms with Crippen molar-refractivity contribution >= 4 is 22.5 Å². The van der Waals surface area contributed by atoms with Gasteiger partial charge in [-0.15, -0.1) is 0 Å². The summed E-state index contributed by atoms with van der Waals surface area (Å²) in [4.78, 5) is 22.5. The van der Waals surface area contributed by atoms with Gasteiger partial charge in [0.15, 0.2) is 0 Å². The number of aromatic nitrogens is 1. The van der Waals surface area contributed by atoms with Gasteiger partial charge in [-0.2, -0.15) is 0 Å². The summed E-state index contributed by atoms with van der Waals surface area (Å²) < 4.78 is 20.3. The minimum atomic E-state index is -0.648. The quantitative estimate of drug-likeness (QED) is 0.380. The molecule has 0 aliphatic carbocycles. The maximum Gasteiger partial charge on any atom is 0.270 e. The van der Waals surface area contributed by atoms with Crippen LogP contribution in [0, 0.1) is 15.9 Å². The van der Waals surface area contributed by atoms with Crippen molar-refractivity contribution in [1.29, 1.82) is 0 Å². The van der Waals surface area contributed by atoms with Gasteiger partial charge in [-0.05, 0) is 54.1 Å². The molecule has 0 saturated carbocycles. The van der Waals surface area contributed by atoms with Gasteiger partial charge in [-0.1, -0.05) is 12.1 Å². The van der Waals surface area contributed by atoms with Gasteiger partial charge in [0.05, 0.1) is 10.4 Å². The van der Waals surface area contributed by atoms with E-state index < -0.39 is 10.8 Å². The van der Waals surface area contributed by atoms with Gasteiger partial charge in [-0.25, -0.2) is 4.39 Å². The maximum absolute atomic E-state index is 13.0. The number of primary amides is 1. The summed E-state index contributed by atoms with van der Waals surface area (Å²) >= 11 is 0. The van der Waals surface area contributed by atoms with Crippen molar-refractivity contribution in [2.75, 3.05) is 0 Å². The Hall–Kier alpha value is -4.20. The molecule has 1 aromatic heterocycles. The predicted octanol–water partition coefficient (Wildman–Crippen LogP) is 4.36. The minimum absolute atomic E-state index is 0.0692. The second-order valence-corrected chi connectivity index (χ2v) is 6.64. The molecule has 150 valence electrons. The molecule has 7 nitrogen and oxygen atoms in total. The lowest BCUT2D eigenvalue weighted by molar-refractivity contribution is -0.384. The number of nitrogens with two attached hydrogens (primary N) is 1. The van der Waals surface area contributed by atoms with E-state index >= 15 is 0 Å². The molecule has 0 aliphatic heterocycles.